The van der Waals surface area contributed by atoms with Gasteiger partial charge in [-0.05, 0) is 54.9 Å². The summed E-state index contributed by atoms with van der Waals surface area (Å²) in [5.41, 5.74) is 8.09. The summed E-state index contributed by atoms with van der Waals surface area (Å²) in [6.45, 7) is 3.87. The highest BCUT2D eigenvalue weighted by molar-refractivity contribution is 7.15. The van der Waals surface area contributed by atoms with E-state index in [4.69, 9.17) is 15.7 Å². The van der Waals surface area contributed by atoms with Gasteiger partial charge in [-0.15, -0.1) is 22.7 Å². The summed E-state index contributed by atoms with van der Waals surface area (Å²) in [6, 6.07) is 7.92. The van der Waals surface area contributed by atoms with Crippen molar-refractivity contribution in [3.05, 3.63) is 46.9 Å². The summed E-state index contributed by atoms with van der Waals surface area (Å²) < 4.78 is 37.6. The molecule has 4 unspecified atom stereocenters. The van der Waals surface area contributed by atoms with Gasteiger partial charge in [-0.1, -0.05) is 0 Å². The second kappa shape index (κ2) is 9.11. The molecule has 9 nitrogen and oxygen atoms in total. The van der Waals surface area contributed by atoms with E-state index in [1.54, 1.807) is 22.9 Å². The molecule has 3 N–H and O–H groups in total. The normalized spacial score (nSPS) is 25.8. The highest BCUT2D eigenvalue weighted by Gasteiger charge is 2.63. The summed E-state index contributed by atoms with van der Waals surface area (Å²) in [5.74, 6) is 2.42. The topological polar surface area (TPSA) is 113 Å². The number of aromatic nitrogens is 4. The maximum atomic E-state index is 12.5. The quantitative estimate of drug-likeness (QED) is 0.312. The predicted octanol–water partition coefficient (Wildman–Crippen LogP) is 5.04. The first-order chi connectivity index (χ1) is 20.2. The van der Waals surface area contributed by atoms with Crippen molar-refractivity contribution in [3.63, 3.8) is 0 Å². The molecule has 2 saturated carbocycles. The molecule has 4 aliphatic rings. The van der Waals surface area contributed by atoms with E-state index in [-0.39, 0.29) is 11.2 Å². The van der Waals surface area contributed by atoms with Crippen LogP contribution >= 0.6 is 22.7 Å². The summed E-state index contributed by atoms with van der Waals surface area (Å²) in [6.07, 6.45) is 1.02. The van der Waals surface area contributed by atoms with Crippen LogP contribution in [0.15, 0.2) is 42.0 Å². The van der Waals surface area contributed by atoms with E-state index < -0.39 is 12.1 Å². The minimum absolute atomic E-state index is 0.0365. The van der Waals surface area contributed by atoms with Gasteiger partial charge in [-0.2, -0.15) is 13.2 Å². The fourth-order valence-electron chi connectivity index (χ4n) is 6.46. The lowest BCUT2D eigenvalue weighted by Crippen LogP contribution is -2.30. The van der Waals surface area contributed by atoms with Crippen LogP contribution in [0.3, 0.4) is 0 Å². The smallest absolute Gasteiger partial charge is 0.383 e. The molecule has 4 aromatic heterocycles. The fourth-order valence-corrected chi connectivity index (χ4v) is 8.44. The molecule has 216 valence electrons. The number of carbonyl (C=O) groups is 1. The van der Waals surface area contributed by atoms with Gasteiger partial charge in [-0.3, -0.25) is 4.79 Å². The van der Waals surface area contributed by atoms with Crippen LogP contribution in [-0.2, 0) is 10.2 Å². The van der Waals surface area contributed by atoms with Crippen LogP contribution in [-0.4, -0.2) is 58.2 Å². The lowest BCUT2D eigenvalue weighted by Gasteiger charge is -2.21. The zero-order valence-electron chi connectivity index (χ0n) is 22.1. The Kier molecular flexibility index (Phi) is 5.61. The Balaban J connectivity index is 0.947. The van der Waals surface area contributed by atoms with Gasteiger partial charge in [0.05, 0.1) is 4.88 Å². The second-order valence-corrected chi connectivity index (χ2v) is 13.5. The average Bonchev–Trinajstić information content (AvgIpc) is 3.50. The van der Waals surface area contributed by atoms with Crippen LogP contribution in [0.1, 0.15) is 17.7 Å². The van der Waals surface area contributed by atoms with E-state index in [2.05, 4.69) is 31.9 Å². The van der Waals surface area contributed by atoms with Crippen molar-refractivity contribution in [2.45, 2.75) is 24.4 Å². The van der Waals surface area contributed by atoms with Crippen LogP contribution in [0, 0.1) is 17.8 Å². The molecule has 8 rings (SSSR count). The lowest BCUT2D eigenvalue weighted by atomic mass is 10.0. The zero-order valence-corrected chi connectivity index (χ0v) is 23.8. The van der Waals surface area contributed by atoms with Crippen molar-refractivity contribution in [1.82, 2.24) is 19.9 Å². The molecule has 0 bridgehead atoms. The Hall–Kier alpha value is -3.78. The van der Waals surface area contributed by atoms with E-state index in [0.717, 1.165) is 82.9 Å². The first kappa shape index (κ1) is 25.9. The fraction of sp³-hybridized carbons (Fsp3) is 0.393. The molecule has 1 amide bonds. The number of fused-ring (bicyclic) bond motifs is 2. The van der Waals surface area contributed by atoms with Gasteiger partial charge in [0, 0.05) is 60.5 Å². The lowest BCUT2D eigenvalue weighted by molar-refractivity contribution is -0.167. The van der Waals surface area contributed by atoms with Crippen molar-refractivity contribution < 1.29 is 18.0 Å². The highest BCUT2D eigenvalue weighted by Crippen LogP contribution is 2.62. The molecule has 4 atom stereocenters. The van der Waals surface area contributed by atoms with Crippen molar-refractivity contribution in [3.8, 4) is 21.1 Å². The Morgan fingerprint density at radius 1 is 0.976 bits per heavy atom. The molecule has 14 heteroatoms. The third kappa shape index (κ3) is 4.39. The number of nitrogens with zero attached hydrogens (tertiary/aromatic N) is 6. The molecule has 2 saturated heterocycles. The maximum absolute atomic E-state index is 12.5. The van der Waals surface area contributed by atoms with Gasteiger partial charge in [0.2, 0.25) is 0 Å². The number of hydrogen-bond donors (Lipinski definition) is 2. The van der Waals surface area contributed by atoms with Gasteiger partial charge < -0.3 is 20.9 Å². The van der Waals surface area contributed by atoms with E-state index in [0.29, 0.717) is 22.3 Å². The van der Waals surface area contributed by atoms with Crippen LogP contribution in [0.25, 0.3) is 21.1 Å². The molecular formula is C28H25F3N8OS2. The number of alkyl halides is 3. The molecule has 2 aliphatic heterocycles. The number of nitrogens with one attached hydrogen (secondary N) is 1. The summed E-state index contributed by atoms with van der Waals surface area (Å²) in [7, 11) is 0. The van der Waals surface area contributed by atoms with E-state index in [1.807, 2.05) is 18.3 Å². The van der Waals surface area contributed by atoms with Gasteiger partial charge in [0.15, 0.2) is 0 Å². The third-order valence-electron chi connectivity index (χ3n) is 8.87. The SMILES string of the molecule is Nc1nc(-c2ccc(N3CC4CC4C3)nc2)sc1C12CC1CN(c1ccc(-c3nc(NC(=O)C(F)(F)F)cs3)cn1)C2. The number of pyridine rings is 2. The summed E-state index contributed by atoms with van der Waals surface area (Å²) in [4.78, 5) is 35.1. The van der Waals surface area contributed by atoms with Gasteiger partial charge in [-0.25, -0.2) is 19.9 Å². The van der Waals surface area contributed by atoms with E-state index >= 15 is 0 Å². The maximum Gasteiger partial charge on any atom is 0.471 e. The molecule has 4 aromatic rings. The molecule has 42 heavy (non-hydrogen) atoms. The third-order valence-corrected chi connectivity index (χ3v) is 11.1. The van der Waals surface area contributed by atoms with Crippen LogP contribution in [0.2, 0.25) is 0 Å². The van der Waals surface area contributed by atoms with Crippen molar-refractivity contribution in [2.24, 2.45) is 17.8 Å². The number of carbonyl (C=O) groups excluding carboxylic acids is 1. The summed E-state index contributed by atoms with van der Waals surface area (Å²) >= 11 is 2.79. The average molecular weight is 611 g/mol. The number of thiazole rings is 2. The Morgan fingerprint density at radius 2 is 1.67 bits per heavy atom. The zero-order chi connectivity index (χ0) is 28.8. The van der Waals surface area contributed by atoms with Crippen LogP contribution in [0.4, 0.5) is 36.4 Å². The number of halogens is 3. The number of nitrogens with two attached hydrogens (primary N) is 1. The van der Waals surface area contributed by atoms with Crippen LogP contribution in [0.5, 0.6) is 0 Å². The van der Waals surface area contributed by atoms with Crippen molar-refractivity contribution in [2.75, 3.05) is 47.0 Å². The van der Waals surface area contributed by atoms with Gasteiger partial charge in [0.25, 0.3) is 0 Å². The predicted molar refractivity (Wildman–Crippen MR) is 156 cm³/mol. The first-order valence-electron chi connectivity index (χ1n) is 13.7. The van der Waals surface area contributed by atoms with Gasteiger partial charge >= 0.3 is 12.1 Å². The molecule has 0 spiro atoms. The standard InChI is InChI=1S/C28H25F3N8OS2/c29-28(30,31)26(40)36-19-12-41-24(35-19)14-1-4-21(34-7-14)39-11-18-6-27(18,13-39)22-23(32)37-25(42-22)15-2-3-20(33-8-15)38-9-16-5-17(16)10-38/h1-4,7-8,12,16-18H,5-6,9-11,13,32H2,(H,36,40). The molecular weight excluding hydrogens is 585 g/mol. The van der Waals surface area contributed by atoms with E-state index in [1.165, 1.54) is 11.8 Å². The largest absolute Gasteiger partial charge is 0.471 e. The number of hydrogen-bond acceptors (Lipinski definition) is 10. The minimum atomic E-state index is -4.97. The second-order valence-electron chi connectivity index (χ2n) is 11.6. The molecule has 6 heterocycles. The first-order valence-corrected chi connectivity index (χ1v) is 15.4. The Labute approximate surface area is 246 Å². The molecule has 2 aliphatic carbocycles. The van der Waals surface area contributed by atoms with Crippen molar-refractivity contribution >= 4 is 51.9 Å². The minimum Gasteiger partial charge on any atom is -0.383 e. The number of amides is 1. The van der Waals surface area contributed by atoms with Crippen LogP contribution < -0.4 is 20.9 Å². The van der Waals surface area contributed by atoms with E-state index in [9.17, 15) is 18.0 Å². The van der Waals surface area contributed by atoms with Gasteiger partial charge in [0.1, 0.15) is 33.3 Å². The molecule has 0 aromatic carbocycles. The summed E-state index contributed by atoms with van der Waals surface area (Å²) in [5, 5.41) is 4.51. The molecule has 4 fully saturated rings. The molecule has 0 radical (unpaired) electrons. The number of rotatable bonds is 6. The van der Waals surface area contributed by atoms with Crippen molar-refractivity contribution in [1.29, 1.82) is 0 Å². The number of anilines is 4. The Bertz CT molecular complexity index is 1680. The number of nitrogen functional groups attached to an aromatic ring is 1. The monoisotopic (exact) mass is 610 g/mol. The Morgan fingerprint density at radius 3 is 2.33 bits per heavy atom. The number of piperidine rings is 2. The highest BCUT2D eigenvalue weighted by atomic mass is 32.1.